The molecule has 0 aliphatic carbocycles. The standard InChI is InChI=1S/C20H11ClN2O5S/c21-12-4-3-5-13(10-12)22-19(24)18(29-20(22)25)11-14-8-9-17(28-14)15-6-1-2-7-16(15)23(26)27/h1-11H/b18-11+. The molecule has 3 aromatic rings. The summed E-state index contributed by atoms with van der Waals surface area (Å²) in [6.07, 6.45) is 1.44. The van der Waals surface area contributed by atoms with Gasteiger partial charge in [0.2, 0.25) is 0 Å². The molecule has 1 aromatic heterocycles. The minimum Gasteiger partial charge on any atom is -0.456 e. The van der Waals surface area contributed by atoms with Crippen LogP contribution in [0.4, 0.5) is 16.2 Å². The van der Waals surface area contributed by atoms with Crippen molar-refractivity contribution in [2.24, 2.45) is 0 Å². The molecule has 9 heteroatoms. The van der Waals surface area contributed by atoms with Crippen LogP contribution in [-0.2, 0) is 4.79 Å². The molecule has 0 saturated carbocycles. The third-order valence-electron chi connectivity index (χ3n) is 4.13. The summed E-state index contributed by atoms with van der Waals surface area (Å²) in [6.45, 7) is 0. The molecule has 0 atom stereocenters. The Hall–Kier alpha value is -3.36. The molecule has 29 heavy (non-hydrogen) atoms. The second-order valence-electron chi connectivity index (χ2n) is 5.97. The van der Waals surface area contributed by atoms with Crippen LogP contribution in [0.5, 0.6) is 0 Å². The summed E-state index contributed by atoms with van der Waals surface area (Å²) < 4.78 is 5.67. The van der Waals surface area contributed by atoms with E-state index in [-0.39, 0.29) is 16.4 Å². The van der Waals surface area contributed by atoms with E-state index < -0.39 is 16.1 Å². The molecule has 0 N–H and O–H groups in total. The number of rotatable bonds is 4. The number of carbonyl (C=O) groups is 2. The van der Waals surface area contributed by atoms with Gasteiger partial charge in [0.15, 0.2) is 0 Å². The highest BCUT2D eigenvalue weighted by atomic mass is 35.5. The number of hydrogen-bond acceptors (Lipinski definition) is 6. The number of carbonyl (C=O) groups excluding carboxylic acids is 2. The first kappa shape index (κ1) is 19.0. The highest BCUT2D eigenvalue weighted by molar-refractivity contribution is 8.19. The van der Waals surface area contributed by atoms with E-state index in [4.69, 9.17) is 16.0 Å². The highest BCUT2D eigenvalue weighted by Gasteiger charge is 2.36. The fraction of sp³-hybridized carbons (Fsp3) is 0. The average molecular weight is 427 g/mol. The van der Waals surface area contributed by atoms with E-state index >= 15 is 0 Å². The molecule has 2 heterocycles. The molecule has 1 aliphatic heterocycles. The van der Waals surface area contributed by atoms with E-state index in [1.807, 2.05) is 0 Å². The fourth-order valence-corrected chi connectivity index (χ4v) is 3.86. The molecule has 0 spiro atoms. The number of nitro benzene ring substituents is 1. The average Bonchev–Trinajstić information content (AvgIpc) is 3.26. The van der Waals surface area contributed by atoms with Gasteiger partial charge in [-0.15, -0.1) is 0 Å². The maximum atomic E-state index is 12.7. The predicted molar refractivity (Wildman–Crippen MR) is 111 cm³/mol. The van der Waals surface area contributed by atoms with Crippen LogP contribution >= 0.6 is 23.4 Å². The summed E-state index contributed by atoms with van der Waals surface area (Å²) in [7, 11) is 0. The van der Waals surface area contributed by atoms with Crippen LogP contribution in [0.2, 0.25) is 5.02 Å². The van der Waals surface area contributed by atoms with Gasteiger partial charge in [0.1, 0.15) is 11.5 Å². The summed E-state index contributed by atoms with van der Waals surface area (Å²) in [5, 5.41) is 11.2. The quantitative estimate of drug-likeness (QED) is 0.299. The van der Waals surface area contributed by atoms with Crippen molar-refractivity contribution in [2.45, 2.75) is 0 Å². The number of benzene rings is 2. The number of hydrogen-bond donors (Lipinski definition) is 0. The summed E-state index contributed by atoms with van der Waals surface area (Å²) in [4.78, 5) is 36.9. The third kappa shape index (κ3) is 3.67. The topological polar surface area (TPSA) is 93.7 Å². The normalized spacial score (nSPS) is 15.3. The van der Waals surface area contributed by atoms with Gasteiger partial charge in [-0.25, -0.2) is 4.90 Å². The van der Waals surface area contributed by atoms with E-state index in [9.17, 15) is 19.7 Å². The van der Waals surface area contributed by atoms with Crippen molar-refractivity contribution in [1.29, 1.82) is 0 Å². The van der Waals surface area contributed by atoms with Gasteiger partial charge in [-0.05, 0) is 48.2 Å². The summed E-state index contributed by atoms with van der Waals surface area (Å²) in [6, 6.07) is 15.8. The lowest BCUT2D eigenvalue weighted by Crippen LogP contribution is -2.27. The Bertz CT molecular complexity index is 1190. The Morgan fingerprint density at radius 3 is 2.62 bits per heavy atom. The summed E-state index contributed by atoms with van der Waals surface area (Å²) in [5.74, 6) is 0.0956. The Kier molecular flexibility index (Phi) is 4.96. The second kappa shape index (κ2) is 7.57. The molecule has 0 unspecified atom stereocenters. The van der Waals surface area contributed by atoms with E-state index in [0.29, 0.717) is 22.0 Å². The van der Waals surface area contributed by atoms with Crippen molar-refractivity contribution in [3.05, 3.63) is 86.5 Å². The molecular weight excluding hydrogens is 416 g/mol. The van der Waals surface area contributed by atoms with E-state index in [1.165, 1.54) is 18.2 Å². The van der Waals surface area contributed by atoms with E-state index in [2.05, 4.69) is 0 Å². The summed E-state index contributed by atoms with van der Waals surface area (Å²) >= 11 is 6.72. The van der Waals surface area contributed by atoms with Crippen LogP contribution in [0.1, 0.15) is 5.76 Å². The van der Waals surface area contributed by atoms with Gasteiger partial charge in [0.05, 0.1) is 21.1 Å². The molecule has 0 bridgehead atoms. The smallest absolute Gasteiger partial charge is 0.298 e. The van der Waals surface area contributed by atoms with Gasteiger partial charge in [-0.3, -0.25) is 19.7 Å². The third-order valence-corrected chi connectivity index (χ3v) is 5.23. The Morgan fingerprint density at radius 1 is 1.07 bits per heavy atom. The Balaban J connectivity index is 1.64. The SMILES string of the molecule is O=C1S/C(=C/c2ccc(-c3ccccc3[N+](=O)[O-])o2)C(=O)N1c1cccc(Cl)c1. The zero-order chi connectivity index (χ0) is 20.5. The largest absolute Gasteiger partial charge is 0.456 e. The number of anilines is 1. The van der Waals surface area contributed by atoms with Crippen LogP contribution in [-0.4, -0.2) is 16.1 Å². The first-order valence-electron chi connectivity index (χ1n) is 8.31. The number of amides is 2. The van der Waals surface area contributed by atoms with Crippen molar-refractivity contribution in [1.82, 2.24) is 0 Å². The molecule has 7 nitrogen and oxygen atoms in total. The molecular formula is C20H11ClN2O5S. The maximum absolute atomic E-state index is 12.7. The monoisotopic (exact) mass is 426 g/mol. The Labute approximate surface area is 173 Å². The number of halogens is 1. The van der Waals surface area contributed by atoms with Crippen LogP contribution in [0.15, 0.2) is 70.0 Å². The molecule has 2 amide bonds. The number of para-hydroxylation sites is 1. The van der Waals surface area contributed by atoms with Gasteiger partial charge >= 0.3 is 0 Å². The molecule has 1 fully saturated rings. The van der Waals surface area contributed by atoms with Gasteiger partial charge in [-0.1, -0.05) is 29.8 Å². The number of nitrogens with zero attached hydrogens (tertiary/aromatic N) is 2. The lowest BCUT2D eigenvalue weighted by atomic mass is 10.1. The molecule has 4 rings (SSSR count). The van der Waals surface area contributed by atoms with Crippen LogP contribution in [0, 0.1) is 10.1 Å². The van der Waals surface area contributed by atoms with Crippen LogP contribution in [0.25, 0.3) is 17.4 Å². The number of thioether (sulfide) groups is 1. The maximum Gasteiger partial charge on any atom is 0.298 e. The second-order valence-corrected chi connectivity index (χ2v) is 7.40. The van der Waals surface area contributed by atoms with Gasteiger partial charge < -0.3 is 4.42 Å². The minimum atomic E-state index is -0.495. The zero-order valence-corrected chi connectivity index (χ0v) is 16.1. The van der Waals surface area contributed by atoms with Crippen molar-refractivity contribution < 1.29 is 18.9 Å². The number of nitro groups is 1. The van der Waals surface area contributed by atoms with Crippen molar-refractivity contribution in [3.8, 4) is 11.3 Å². The molecule has 2 aromatic carbocycles. The lowest BCUT2D eigenvalue weighted by molar-refractivity contribution is -0.384. The van der Waals surface area contributed by atoms with Crippen molar-refractivity contribution >= 4 is 52.0 Å². The lowest BCUT2D eigenvalue weighted by Gasteiger charge is -2.12. The van der Waals surface area contributed by atoms with Crippen LogP contribution in [0.3, 0.4) is 0 Å². The molecule has 1 saturated heterocycles. The highest BCUT2D eigenvalue weighted by Crippen LogP contribution is 2.37. The van der Waals surface area contributed by atoms with Crippen LogP contribution < -0.4 is 4.90 Å². The number of furan rings is 1. The Morgan fingerprint density at radius 2 is 1.86 bits per heavy atom. The zero-order valence-electron chi connectivity index (χ0n) is 14.6. The first-order chi connectivity index (χ1) is 13.9. The van der Waals surface area contributed by atoms with Gasteiger partial charge in [0, 0.05) is 17.2 Å². The van der Waals surface area contributed by atoms with E-state index in [1.54, 1.807) is 48.5 Å². The molecule has 144 valence electrons. The molecule has 1 aliphatic rings. The fourth-order valence-electron chi connectivity index (χ4n) is 2.85. The van der Waals surface area contributed by atoms with Gasteiger partial charge in [-0.2, -0.15) is 0 Å². The van der Waals surface area contributed by atoms with Crippen molar-refractivity contribution in [3.63, 3.8) is 0 Å². The van der Waals surface area contributed by atoms with Gasteiger partial charge in [0.25, 0.3) is 16.8 Å². The first-order valence-corrected chi connectivity index (χ1v) is 9.50. The summed E-state index contributed by atoms with van der Waals surface area (Å²) in [5.41, 5.74) is 0.613. The number of imide groups is 1. The molecule has 0 radical (unpaired) electrons. The van der Waals surface area contributed by atoms with Crippen molar-refractivity contribution in [2.75, 3.05) is 4.90 Å². The predicted octanol–water partition coefficient (Wildman–Crippen LogP) is 5.75. The van der Waals surface area contributed by atoms with E-state index in [0.717, 1.165) is 16.7 Å². The minimum absolute atomic E-state index is 0.0883.